The third kappa shape index (κ3) is 3.32. The molecule has 1 amide bonds. The molecule has 1 aromatic carbocycles. The summed E-state index contributed by atoms with van der Waals surface area (Å²) in [6, 6.07) is 8.89. The molecule has 24 heavy (non-hydrogen) atoms. The quantitative estimate of drug-likeness (QED) is 0.916. The van der Waals surface area contributed by atoms with Crippen LogP contribution in [0.2, 0.25) is 5.02 Å². The van der Waals surface area contributed by atoms with Crippen LogP contribution < -0.4 is 0 Å². The Balaban J connectivity index is 1.71. The van der Waals surface area contributed by atoms with Crippen molar-refractivity contribution in [3.05, 3.63) is 41.0 Å². The highest BCUT2D eigenvalue weighted by atomic mass is 35.5. The number of piperidine rings is 1. The summed E-state index contributed by atoms with van der Waals surface area (Å²) in [5.74, 6) is 0.394. The van der Waals surface area contributed by atoms with E-state index in [0.717, 1.165) is 24.8 Å². The van der Waals surface area contributed by atoms with Gasteiger partial charge in [0.1, 0.15) is 0 Å². The van der Waals surface area contributed by atoms with Crippen LogP contribution in [0.4, 0.5) is 0 Å². The zero-order chi connectivity index (χ0) is 17.2. The van der Waals surface area contributed by atoms with Crippen molar-refractivity contribution in [3.8, 4) is 11.3 Å². The fourth-order valence-corrected chi connectivity index (χ4v) is 3.31. The molecule has 1 N–H and O–H groups in total. The predicted molar refractivity (Wildman–Crippen MR) is 91.9 cm³/mol. The Bertz CT molecular complexity index is 715. The van der Waals surface area contributed by atoms with E-state index in [9.17, 15) is 9.90 Å². The number of halogens is 1. The number of rotatable bonds is 4. The first kappa shape index (κ1) is 17.0. The Kier molecular flexibility index (Phi) is 4.92. The Hall–Kier alpha value is -1.85. The van der Waals surface area contributed by atoms with E-state index in [-0.39, 0.29) is 17.9 Å². The molecule has 2 aromatic rings. The molecule has 2 heterocycles. The van der Waals surface area contributed by atoms with Gasteiger partial charge in [-0.25, -0.2) is 0 Å². The van der Waals surface area contributed by atoms with Crippen molar-refractivity contribution in [1.82, 2.24) is 10.1 Å². The lowest BCUT2D eigenvalue weighted by molar-refractivity contribution is 0.0332. The van der Waals surface area contributed by atoms with Crippen LogP contribution in [0.5, 0.6) is 0 Å². The van der Waals surface area contributed by atoms with Gasteiger partial charge in [0.25, 0.3) is 5.91 Å². The van der Waals surface area contributed by atoms with Crippen LogP contribution in [0.15, 0.2) is 34.9 Å². The number of carbonyl (C=O) groups is 1. The molecule has 1 aliphatic heterocycles. The summed E-state index contributed by atoms with van der Waals surface area (Å²) in [6.07, 6.45) is 2.55. The topological polar surface area (TPSA) is 66.6 Å². The van der Waals surface area contributed by atoms with E-state index < -0.39 is 0 Å². The molecule has 0 spiro atoms. The first-order chi connectivity index (χ1) is 11.6. The molecule has 0 radical (unpaired) electrons. The van der Waals surface area contributed by atoms with Crippen molar-refractivity contribution in [2.45, 2.75) is 26.2 Å². The minimum Gasteiger partial charge on any atom is -0.396 e. The summed E-state index contributed by atoms with van der Waals surface area (Å²) in [4.78, 5) is 14.4. The second-order valence-electron chi connectivity index (χ2n) is 6.39. The van der Waals surface area contributed by atoms with Gasteiger partial charge in [-0.3, -0.25) is 4.79 Å². The molecule has 6 heteroatoms. The number of likely N-dealkylation sites (tertiary alicyclic amines) is 1. The fourth-order valence-electron chi connectivity index (χ4n) is 3.12. The van der Waals surface area contributed by atoms with E-state index >= 15 is 0 Å². The van der Waals surface area contributed by atoms with Crippen molar-refractivity contribution in [1.29, 1.82) is 0 Å². The van der Waals surface area contributed by atoms with E-state index in [1.165, 1.54) is 0 Å². The van der Waals surface area contributed by atoms with Gasteiger partial charge in [-0.1, -0.05) is 35.8 Å². The molecular weight excluding hydrogens is 328 g/mol. The molecule has 1 aliphatic rings. The lowest BCUT2D eigenvalue weighted by atomic mass is 9.77. The normalized spacial score (nSPS) is 17.0. The van der Waals surface area contributed by atoms with E-state index in [0.29, 0.717) is 29.6 Å². The largest absolute Gasteiger partial charge is 0.396 e. The Morgan fingerprint density at radius 3 is 2.75 bits per heavy atom. The second-order valence-corrected chi connectivity index (χ2v) is 6.83. The molecule has 1 saturated heterocycles. The highest BCUT2D eigenvalue weighted by Gasteiger charge is 2.34. The number of hydrogen-bond acceptors (Lipinski definition) is 4. The van der Waals surface area contributed by atoms with Crippen LogP contribution in [-0.4, -0.2) is 40.8 Å². The Morgan fingerprint density at radius 2 is 2.12 bits per heavy atom. The number of hydrogen-bond donors (Lipinski definition) is 1. The summed E-state index contributed by atoms with van der Waals surface area (Å²) >= 11 is 5.98. The standard InChI is InChI=1S/C18H21ClN2O3/c1-2-18(12-22)6-8-21(9-7-18)17(23)15-11-16(24-20-15)13-4-3-5-14(19)10-13/h3-5,10-11,22H,2,6-9,12H2,1H3. The van der Waals surface area contributed by atoms with Crippen molar-refractivity contribution in [2.75, 3.05) is 19.7 Å². The van der Waals surface area contributed by atoms with Gasteiger partial charge in [0, 0.05) is 36.3 Å². The van der Waals surface area contributed by atoms with Crippen LogP contribution in [0.1, 0.15) is 36.7 Å². The van der Waals surface area contributed by atoms with Crippen LogP contribution in [-0.2, 0) is 0 Å². The highest BCUT2D eigenvalue weighted by Crippen LogP contribution is 2.34. The van der Waals surface area contributed by atoms with Gasteiger partial charge in [-0.2, -0.15) is 0 Å². The van der Waals surface area contributed by atoms with Gasteiger partial charge in [-0.05, 0) is 36.8 Å². The van der Waals surface area contributed by atoms with Crippen molar-refractivity contribution in [3.63, 3.8) is 0 Å². The van der Waals surface area contributed by atoms with Crippen LogP contribution in [0.25, 0.3) is 11.3 Å². The first-order valence-corrected chi connectivity index (χ1v) is 8.57. The summed E-state index contributed by atoms with van der Waals surface area (Å²) in [5, 5.41) is 14.1. The number of aliphatic hydroxyl groups is 1. The Labute approximate surface area is 146 Å². The molecule has 0 unspecified atom stereocenters. The minimum atomic E-state index is -0.130. The first-order valence-electron chi connectivity index (χ1n) is 8.20. The molecule has 1 aromatic heterocycles. The molecule has 1 fully saturated rings. The zero-order valence-corrected chi connectivity index (χ0v) is 14.4. The lowest BCUT2D eigenvalue weighted by Crippen LogP contribution is -2.44. The number of carbonyl (C=O) groups excluding carboxylic acids is 1. The van der Waals surface area contributed by atoms with Crippen LogP contribution >= 0.6 is 11.6 Å². The third-order valence-corrected chi connectivity index (χ3v) is 5.27. The molecular formula is C18H21ClN2O3. The summed E-state index contributed by atoms with van der Waals surface area (Å²) in [5.41, 5.74) is 1.04. The van der Waals surface area contributed by atoms with E-state index in [4.69, 9.17) is 16.1 Å². The summed E-state index contributed by atoms with van der Waals surface area (Å²) in [7, 11) is 0. The number of aliphatic hydroxyl groups excluding tert-OH is 1. The minimum absolute atomic E-state index is 0.0491. The van der Waals surface area contributed by atoms with Gasteiger partial charge >= 0.3 is 0 Å². The van der Waals surface area contributed by atoms with E-state index in [2.05, 4.69) is 12.1 Å². The van der Waals surface area contributed by atoms with Gasteiger partial charge in [0.05, 0.1) is 0 Å². The SMILES string of the molecule is CCC1(CO)CCN(C(=O)c2cc(-c3cccc(Cl)c3)on2)CC1. The molecule has 5 nitrogen and oxygen atoms in total. The maximum Gasteiger partial charge on any atom is 0.276 e. The van der Waals surface area contributed by atoms with Gasteiger partial charge < -0.3 is 14.5 Å². The molecule has 128 valence electrons. The smallest absolute Gasteiger partial charge is 0.276 e. The average molecular weight is 349 g/mol. The van der Waals surface area contributed by atoms with Gasteiger partial charge in [0.15, 0.2) is 11.5 Å². The highest BCUT2D eigenvalue weighted by molar-refractivity contribution is 6.30. The van der Waals surface area contributed by atoms with Gasteiger partial charge in [-0.15, -0.1) is 0 Å². The molecule has 0 bridgehead atoms. The van der Waals surface area contributed by atoms with Crippen LogP contribution in [0, 0.1) is 5.41 Å². The molecule has 0 aliphatic carbocycles. The fraction of sp³-hybridized carbons (Fsp3) is 0.444. The average Bonchev–Trinajstić information content (AvgIpc) is 3.11. The second kappa shape index (κ2) is 6.95. The van der Waals surface area contributed by atoms with Crippen molar-refractivity contribution < 1.29 is 14.4 Å². The molecule has 3 rings (SSSR count). The number of nitrogens with zero attached hydrogens (tertiary/aromatic N) is 2. The van der Waals surface area contributed by atoms with Crippen molar-refractivity contribution >= 4 is 17.5 Å². The third-order valence-electron chi connectivity index (χ3n) is 5.04. The summed E-state index contributed by atoms with van der Waals surface area (Å²) in [6.45, 7) is 3.52. The number of amides is 1. The van der Waals surface area contributed by atoms with E-state index in [1.807, 2.05) is 12.1 Å². The number of benzene rings is 1. The Morgan fingerprint density at radius 1 is 1.38 bits per heavy atom. The predicted octanol–water partition coefficient (Wildman–Crippen LogP) is 3.62. The monoisotopic (exact) mass is 348 g/mol. The zero-order valence-electron chi connectivity index (χ0n) is 13.7. The molecule has 0 saturated carbocycles. The van der Waals surface area contributed by atoms with Crippen LogP contribution in [0.3, 0.4) is 0 Å². The maximum absolute atomic E-state index is 12.6. The van der Waals surface area contributed by atoms with Crippen molar-refractivity contribution in [2.24, 2.45) is 5.41 Å². The maximum atomic E-state index is 12.6. The molecule has 0 atom stereocenters. The van der Waals surface area contributed by atoms with Gasteiger partial charge in [0.2, 0.25) is 0 Å². The lowest BCUT2D eigenvalue weighted by Gasteiger charge is -2.39. The number of aromatic nitrogens is 1. The van der Waals surface area contributed by atoms with E-state index in [1.54, 1.807) is 23.1 Å². The summed E-state index contributed by atoms with van der Waals surface area (Å²) < 4.78 is 5.30.